The van der Waals surface area contributed by atoms with Gasteiger partial charge in [-0.15, -0.1) is 0 Å². The maximum atomic E-state index is 5.28. The van der Waals surface area contributed by atoms with Gasteiger partial charge < -0.3 is 14.8 Å². The number of nitrogens with one attached hydrogen (secondary N) is 1. The van der Waals surface area contributed by atoms with Crippen LogP contribution in [0.1, 0.15) is 13.3 Å². The van der Waals surface area contributed by atoms with E-state index in [-0.39, 0.29) is 0 Å². The molecule has 0 rings (SSSR count). The first-order chi connectivity index (χ1) is 5.31. The minimum Gasteiger partial charge on any atom is -0.382 e. The molecule has 0 saturated heterocycles. The summed E-state index contributed by atoms with van der Waals surface area (Å²) in [6.07, 6.45) is 1.06. The number of hydrogen-bond donors (Lipinski definition) is 1. The van der Waals surface area contributed by atoms with Crippen LogP contribution in [0.5, 0.6) is 0 Å². The Kier molecular flexibility index (Phi) is 7.89. The third-order valence-electron chi connectivity index (χ3n) is 1.62. The molecular formula is C8H19NO2. The van der Waals surface area contributed by atoms with Crippen molar-refractivity contribution in [2.45, 2.75) is 19.4 Å². The lowest BCUT2D eigenvalue weighted by Gasteiger charge is -2.09. The zero-order valence-electron chi connectivity index (χ0n) is 7.72. The summed E-state index contributed by atoms with van der Waals surface area (Å²) < 4.78 is 10.1. The minimum absolute atomic E-state index is 0.539. The Morgan fingerprint density at radius 1 is 1.27 bits per heavy atom. The average molecular weight is 161 g/mol. The van der Waals surface area contributed by atoms with E-state index in [1.165, 1.54) is 0 Å². The Balaban J connectivity index is 2.89. The van der Waals surface area contributed by atoms with E-state index in [9.17, 15) is 0 Å². The molecular weight excluding hydrogens is 142 g/mol. The van der Waals surface area contributed by atoms with E-state index in [0.717, 1.165) is 13.0 Å². The van der Waals surface area contributed by atoms with Gasteiger partial charge in [-0.3, -0.25) is 0 Å². The van der Waals surface area contributed by atoms with Crippen LogP contribution in [0.2, 0.25) is 0 Å². The molecule has 0 aromatic carbocycles. The smallest absolute Gasteiger partial charge is 0.0700 e. The van der Waals surface area contributed by atoms with E-state index in [2.05, 4.69) is 12.2 Å². The molecule has 0 heterocycles. The van der Waals surface area contributed by atoms with Crippen LogP contribution in [-0.4, -0.2) is 40.0 Å². The van der Waals surface area contributed by atoms with Crippen LogP contribution in [0.15, 0.2) is 0 Å². The second-order valence-electron chi connectivity index (χ2n) is 2.58. The molecule has 1 atom stereocenters. The lowest BCUT2D eigenvalue weighted by molar-refractivity contribution is 0.0668. The highest BCUT2D eigenvalue weighted by atomic mass is 16.5. The van der Waals surface area contributed by atoms with E-state index in [1.54, 1.807) is 7.11 Å². The lowest BCUT2D eigenvalue weighted by Crippen LogP contribution is -2.23. The zero-order valence-corrected chi connectivity index (χ0v) is 7.72. The molecule has 0 fully saturated rings. The molecule has 0 amide bonds. The molecule has 0 aliphatic carbocycles. The van der Waals surface area contributed by atoms with Gasteiger partial charge in [0.25, 0.3) is 0 Å². The van der Waals surface area contributed by atoms with Crippen molar-refractivity contribution < 1.29 is 9.47 Å². The van der Waals surface area contributed by atoms with Gasteiger partial charge in [-0.2, -0.15) is 0 Å². The first kappa shape index (κ1) is 10.9. The van der Waals surface area contributed by atoms with E-state index >= 15 is 0 Å². The third-order valence-corrected chi connectivity index (χ3v) is 1.62. The summed E-state index contributed by atoms with van der Waals surface area (Å²) in [6, 6.07) is 0.539. The predicted molar refractivity (Wildman–Crippen MR) is 45.8 cm³/mol. The highest BCUT2D eigenvalue weighted by molar-refractivity contribution is 4.54. The van der Waals surface area contributed by atoms with E-state index in [0.29, 0.717) is 19.3 Å². The second-order valence-corrected chi connectivity index (χ2v) is 2.58. The van der Waals surface area contributed by atoms with Crippen LogP contribution in [0.25, 0.3) is 0 Å². The third kappa shape index (κ3) is 7.78. The molecule has 0 radical (unpaired) electrons. The molecule has 0 aromatic rings. The lowest BCUT2D eigenvalue weighted by atomic mass is 10.2. The van der Waals surface area contributed by atoms with E-state index in [1.807, 2.05) is 7.05 Å². The maximum absolute atomic E-state index is 5.28. The van der Waals surface area contributed by atoms with Crippen LogP contribution in [0, 0.1) is 0 Å². The normalized spacial score (nSPS) is 13.4. The van der Waals surface area contributed by atoms with Gasteiger partial charge in [-0.1, -0.05) is 0 Å². The Morgan fingerprint density at radius 3 is 2.55 bits per heavy atom. The standard InChI is InChI=1S/C8H19NO2/c1-8(9-2)4-5-11-7-6-10-3/h8-9H,4-7H2,1-3H3. The Bertz CT molecular complexity index is 78.5. The van der Waals surface area contributed by atoms with Crippen LogP contribution >= 0.6 is 0 Å². The van der Waals surface area contributed by atoms with Gasteiger partial charge in [0.1, 0.15) is 0 Å². The quantitative estimate of drug-likeness (QED) is 0.556. The molecule has 11 heavy (non-hydrogen) atoms. The van der Waals surface area contributed by atoms with E-state index < -0.39 is 0 Å². The van der Waals surface area contributed by atoms with Crippen molar-refractivity contribution in [1.82, 2.24) is 5.32 Å². The van der Waals surface area contributed by atoms with Crippen LogP contribution < -0.4 is 5.32 Å². The number of rotatable bonds is 7. The molecule has 3 nitrogen and oxygen atoms in total. The van der Waals surface area contributed by atoms with Gasteiger partial charge >= 0.3 is 0 Å². The number of hydrogen-bond acceptors (Lipinski definition) is 3. The Morgan fingerprint density at radius 2 is 2.00 bits per heavy atom. The summed E-state index contributed by atoms with van der Waals surface area (Å²) in [7, 11) is 3.64. The van der Waals surface area contributed by atoms with Gasteiger partial charge in [0.15, 0.2) is 0 Å². The van der Waals surface area contributed by atoms with Crippen molar-refractivity contribution in [3.8, 4) is 0 Å². The molecule has 0 aliphatic rings. The summed E-state index contributed by atoms with van der Waals surface area (Å²) in [5, 5.41) is 3.14. The van der Waals surface area contributed by atoms with Crippen molar-refractivity contribution in [3.05, 3.63) is 0 Å². The van der Waals surface area contributed by atoms with Crippen LogP contribution in [0.3, 0.4) is 0 Å². The highest BCUT2D eigenvalue weighted by Crippen LogP contribution is 1.89. The minimum atomic E-state index is 0.539. The van der Waals surface area contributed by atoms with Crippen LogP contribution in [-0.2, 0) is 9.47 Å². The average Bonchev–Trinajstić information content (AvgIpc) is 2.04. The molecule has 0 saturated carbocycles. The van der Waals surface area contributed by atoms with Crippen LogP contribution in [0.4, 0.5) is 0 Å². The number of methoxy groups -OCH3 is 1. The Hall–Kier alpha value is -0.120. The fourth-order valence-electron chi connectivity index (χ4n) is 0.649. The first-order valence-electron chi connectivity index (χ1n) is 4.05. The van der Waals surface area contributed by atoms with Gasteiger partial charge in [-0.25, -0.2) is 0 Å². The van der Waals surface area contributed by atoms with Gasteiger partial charge in [-0.05, 0) is 20.4 Å². The summed E-state index contributed by atoms with van der Waals surface area (Å²) in [4.78, 5) is 0. The molecule has 0 aliphatic heterocycles. The summed E-state index contributed by atoms with van der Waals surface area (Å²) in [5.74, 6) is 0. The number of ether oxygens (including phenoxy) is 2. The van der Waals surface area contributed by atoms with Crippen molar-refractivity contribution in [2.24, 2.45) is 0 Å². The summed E-state index contributed by atoms with van der Waals surface area (Å²) >= 11 is 0. The molecule has 0 bridgehead atoms. The fraction of sp³-hybridized carbons (Fsp3) is 1.00. The molecule has 3 heteroatoms. The van der Waals surface area contributed by atoms with Crippen molar-refractivity contribution in [3.63, 3.8) is 0 Å². The zero-order chi connectivity index (χ0) is 8.53. The SMILES string of the molecule is CNC(C)CCOCCOC. The first-order valence-corrected chi connectivity index (χ1v) is 4.05. The van der Waals surface area contributed by atoms with E-state index in [4.69, 9.17) is 9.47 Å². The van der Waals surface area contributed by atoms with Crippen molar-refractivity contribution in [1.29, 1.82) is 0 Å². The highest BCUT2D eigenvalue weighted by Gasteiger charge is 1.96. The summed E-state index contributed by atoms with van der Waals surface area (Å²) in [5.41, 5.74) is 0. The molecule has 68 valence electrons. The molecule has 0 aromatic heterocycles. The topological polar surface area (TPSA) is 30.5 Å². The van der Waals surface area contributed by atoms with Gasteiger partial charge in [0.2, 0.25) is 0 Å². The van der Waals surface area contributed by atoms with Crippen molar-refractivity contribution >= 4 is 0 Å². The molecule has 1 unspecified atom stereocenters. The fourth-order valence-corrected chi connectivity index (χ4v) is 0.649. The monoisotopic (exact) mass is 161 g/mol. The van der Waals surface area contributed by atoms with Gasteiger partial charge in [0, 0.05) is 19.8 Å². The Labute approximate surface area is 69.1 Å². The molecule has 0 spiro atoms. The molecule has 1 N–H and O–H groups in total. The predicted octanol–water partition coefficient (Wildman–Crippen LogP) is 0.647. The van der Waals surface area contributed by atoms with Crippen molar-refractivity contribution in [2.75, 3.05) is 34.0 Å². The second kappa shape index (κ2) is 7.98. The van der Waals surface area contributed by atoms with Gasteiger partial charge in [0.05, 0.1) is 13.2 Å². The maximum Gasteiger partial charge on any atom is 0.0700 e. The largest absolute Gasteiger partial charge is 0.382 e. The summed E-state index contributed by atoms with van der Waals surface area (Å²) in [6.45, 7) is 4.34.